The van der Waals surface area contributed by atoms with Gasteiger partial charge in [0.25, 0.3) is 0 Å². The average Bonchev–Trinajstić information content (AvgIpc) is 2.38. The van der Waals surface area contributed by atoms with Gasteiger partial charge in [-0.05, 0) is 54.3 Å². The number of aromatic nitrogens is 1. The zero-order valence-corrected chi connectivity index (χ0v) is 10.9. The molecule has 0 spiro atoms. The van der Waals surface area contributed by atoms with E-state index in [1.807, 2.05) is 18.3 Å². The number of pyridine rings is 1. The van der Waals surface area contributed by atoms with Gasteiger partial charge in [0.1, 0.15) is 5.82 Å². The molecule has 3 nitrogen and oxygen atoms in total. The highest BCUT2D eigenvalue weighted by Crippen LogP contribution is 2.19. The molecule has 0 bridgehead atoms. The van der Waals surface area contributed by atoms with Gasteiger partial charge in [-0.15, -0.1) is 0 Å². The van der Waals surface area contributed by atoms with E-state index in [9.17, 15) is 0 Å². The molecule has 0 aliphatic heterocycles. The third-order valence-corrected chi connectivity index (χ3v) is 2.99. The lowest BCUT2D eigenvalue weighted by Gasteiger charge is -2.10. The third-order valence-electron chi connectivity index (χ3n) is 2.99. The van der Waals surface area contributed by atoms with Crippen molar-refractivity contribution in [3.8, 4) is 0 Å². The Morgan fingerprint density at radius 1 is 1.17 bits per heavy atom. The highest BCUT2D eigenvalue weighted by molar-refractivity contribution is 5.58. The monoisotopic (exact) mass is 241 g/mol. The van der Waals surface area contributed by atoms with Gasteiger partial charge in [-0.2, -0.15) is 0 Å². The summed E-state index contributed by atoms with van der Waals surface area (Å²) < 4.78 is 0. The van der Waals surface area contributed by atoms with Gasteiger partial charge in [0.15, 0.2) is 0 Å². The molecule has 1 heterocycles. The van der Waals surface area contributed by atoms with Crippen molar-refractivity contribution in [1.82, 2.24) is 4.98 Å². The van der Waals surface area contributed by atoms with E-state index in [4.69, 9.17) is 5.73 Å². The van der Waals surface area contributed by atoms with Crippen LogP contribution in [0.15, 0.2) is 36.5 Å². The smallest absolute Gasteiger partial charge is 0.130 e. The number of rotatable bonds is 4. The van der Waals surface area contributed by atoms with Gasteiger partial charge >= 0.3 is 0 Å². The average molecular weight is 241 g/mol. The maximum Gasteiger partial charge on any atom is 0.130 e. The lowest BCUT2D eigenvalue weighted by Crippen LogP contribution is -2.02. The standard InChI is InChI=1S/C15H19N3/c1-3-12-4-5-14(9-13(12)10-16)18-15-8-11(2)6-7-17-15/h4-9H,3,10,16H2,1-2H3,(H,17,18). The molecular weight excluding hydrogens is 222 g/mol. The molecule has 0 aliphatic carbocycles. The molecule has 0 amide bonds. The van der Waals surface area contributed by atoms with Gasteiger partial charge in [-0.25, -0.2) is 4.98 Å². The van der Waals surface area contributed by atoms with Crippen molar-refractivity contribution >= 4 is 11.5 Å². The molecule has 3 N–H and O–H groups in total. The van der Waals surface area contributed by atoms with Crippen LogP contribution in [0, 0.1) is 6.92 Å². The Hall–Kier alpha value is -1.87. The van der Waals surface area contributed by atoms with E-state index in [1.54, 1.807) is 0 Å². The second kappa shape index (κ2) is 5.65. The van der Waals surface area contributed by atoms with E-state index in [-0.39, 0.29) is 0 Å². The molecule has 3 heteroatoms. The van der Waals surface area contributed by atoms with Crippen molar-refractivity contribution < 1.29 is 0 Å². The number of nitrogens with two attached hydrogens (primary N) is 1. The number of benzene rings is 1. The minimum absolute atomic E-state index is 0.569. The van der Waals surface area contributed by atoms with Crippen LogP contribution in [0.4, 0.5) is 11.5 Å². The Balaban J connectivity index is 2.24. The minimum Gasteiger partial charge on any atom is -0.340 e. The molecule has 0 atom stereocenters. The summed E-state index contributed by atoms with van der Waals surface area (Å²) in [4.78, 5) is 4.29. The fraction of sp³-hybridized carbons (Fsp3) is 0.267. The molecule has 18 heavy (non-hydrogen) atoms. The number of hydrogen-bond acceptors (Lipinski definition) is 3. The predicted octanol–water partition coefficient (Wildman–Crippen LogP) is 3.15. The van der Waals surface area contributed by atoms with Crippen LogP contribution < -0.4 is 11.1 Å². The second-order valence-electron chi connectivity index (χ2n) is 4.38. The van der Waals surface area contributed by atoms with Gasteiger partial charge in [0.05, 0.1) is 0 Å². The van der Waals surface area contributed by atoms with Crippen LogP contribution in [0.25, 0.3) is 0 Å². The molecule has 94 valence electrons. The van der Waals surface area contributed by atoms with Gasteiger partial charge < -0.3 is 11.1 Å². The highest BCUT2D eigenvalue weighted by Gasteiger charge is 2.02. The van der Waals surface area contributed by atoms with Crippen LogP contribution in [-0.2, 0) is 13.0 Å². The molecule has 0 fully saturated rings. The SMILES string of the molecule is CCc1ccc(Nc2cc(C)ccn2)cc1CN. The lowest BCUT2D eigenvalue weighted by molar-refractivity contribution is 1.00. The van der Waals surface area contributed by atoms with Crippen LogP contribution in [0.3, 0.4) is 0 Å². The molecule has 0 saturated carbocycles. The molecule has 0 radical (unpaired) electrons. The normalized spacial score (nSPS) is 10.4. The summed E-state index contributed by atoms with van der Waals surface area (Å²) in [7, 11) is 0. The zero-order valence-electron chi connectivity index (χ0n) is 10.9. The summed E-state index contributed by atoms with van der Waals surface area (Å²) in [6.07, 6.45) is 2.82. The summed E-state index contributed by atoms with van der Waals surface area (Å²) in [6, 6.07) is 10.3. The molecule has 0 saturated heterocycles. The summed E-state index contributed by atoms with van der Waals surface area (Å²) in [6.45, 7) is 4.77. The van der Waals surface area contributed by atoms with Gasteiger partial charge in [0.2, 0.25) is 0 Å². The number of anilines is 2. The van der Waals surface area contributed by atoms with Gasteiger partial charge in [-0.3, -0.25) is 0 Å². The van der Waals surface area contributed by atoms with E-state index in [2.05, 4.69) is 42.3 Å². The largest absolute Gasteiger partial charge is 0.340 e. The van der Waals surface area contributed by atoms with Crippen LogP contribution in [0.2, 0.25) is 0 Å². The fourth-order valence-corrected chi connectivity index (χ4v) is 1.99. The topological polar surface area (TPSA) is 50.9 Å². The Labute approximate surface area is 108 Å². The van der Waals surface area contributed by atoms with Crippen LogP contribution in [-0.4, -0.2) is 4.98 Å². The summed E-state index contributed by atoms with van der Waals surface area (Å²) in [5.41, 5.74) is 10.5. The summed E-state index contributed by atoms with van der Waals surface area (Å²) in [5, 5.41) is 3.30. The fourth-order valence-electron chi connectivity index (χ4n) is 1.99. The quantitative estimate of drug-likeness (QED) is 0.864. The van der Waals surface area contributed by atoms with E-state index in [1.165, 1.54) is 16.7 Å². The maximum atomic E-state index is 5.77. The van der Waals surface area contributed by atoms with Crippen LogP contribution in [0.5, 0.6) is 0 Å². The molecule has 0 aliphatic rings. The Kier molecular flexibility index (Phi) is 3.95. The Bertz CT molecular complexity index is 535. The van der Waals surface area contributed by atoms with E-state index in [0.717, 1.165) is 17.9 Å². The first-order valence-corrected chi connectivity index (χ1v) is 6.24. The van der Waals surface area contributed by atoms with Gasteiger partial charge in [-0.1, -0.05) is 13.0 Å². The van der Waals surface area contributed by atoms with E-state index >= 15 is 0 Å². The maximum absolute atomic E-state index is 5.77. The molecule has 2 rings (SSSR count). The predicted molar refractivity (Wildman–Crippen MR) is 76.0 cm³/mol. The van der Waals surface area contributed by atoms with Crippen LogP contribution in [0.1, 0.15) is 23.6 Å². The van der Waals surface area contributed by atoms with E-state index in [0.29, 0.717) is 6.54 Å². The van der Waals surface area contributed by atoms with Crippen molar-refractivity contribution in [3.05, 3.63) is 53.2 Å². The van der Waals surface area contributed by atoms with Crippen LogP contribution >= 0.6 is 0 Å². The van der Waals surface area contributed by atoms with Crippen molar-refractivity contribution in [2.75, 3.05) is 5.32 Å². The highest BCUT2D eigenvalue weighted by atomic mass is 15.0. The van der Waals surface area contributed by atoms with Crippen molar-refractivity contribution in [3.63, 3.8) is 0 Å². The molecule has 1 aromatic carbocycles. The molecule has 1 aromatic heterocycles. The number of aryl methyl sites for hydroxylation is 2. The second-order valence-corrected chi connectivity index (χ2v) is 4.38. The molecule has 2 aromatic rings. The first-order chi connectivity index (χ1) is 8.72. The van der Waals surface area contributed by atoms with Gasteiger partial charge in [0, 0.05) is 18.4 Å². The van der Waals surface area contributed by atoms with E-state index < -0.39 is 0 Å². The molecular formula is C15H19N3. The number of hydrogen-bond donors (Lipinski definition) is 2. The van der Waals surface area contributed by atoms with Crippen molar-refractivity contribution in [1.29, 1.82) is 0 Å². The molecule has 0 unspecified atom stereocenters. The Morgan fingerprint density at radius 3 is 2.67 bits per heavy atom. The number of nitrogens with zero attached hydrogens (tertiary/aromatic N) is 1. The number of nitrogens with one attached hydrogen (secondary N) is 1. The van der Waals surface area contributed by atoms with Crippen molar-refractivity contribution in [2.45, 2.75) is 26.8 Å². The first-order valence-electron chi connectivity index (χ1n) is 6.24. The lowest BCUT2D eigenvalue weighted by atomic mass is 10.0. The van der Waals surface area contributed by atoms with Crippen molar-refractivity contribution in [2.24, 2.45) is 5.73 Å². The third kappa shape index (κ3) is 2.87. The summed E-state index contributed by atoms with van der Waals surface area (Å²) >= 11 is 0. The minimum atomic E-state index is 0.569. The first kappa shape index (κ1) is 12.6. The summed E-state index contributed by atoms with van der Waals surface area (Å²) in [5.74, 6) is 0.863. The zero-order chi connectivity index (χ0) is 13.0. The Morgan fingerprint density at radius 2 is 2.00 bits per heavy atom.